The molecule has 4 saturated carbocycles. The summed E-state index contributed by atoms with van der Waals surface area (Å²) in [6.45, 7) is 12.2. The Hall–Kier alpha value is -3.68. The summed E-state index contributed by atoms with van der Waals surface area (Å²) in [5.41, 5.74) is -0.556. The third kappa shape index (κ3) is 3.57. The Balaban J connectivity index is 1.24. The lowest BCUT2D eigenvalue weighted by Crippen LogP contribution is -2.43. The van der Waals surface area contributed by atoms with Crippen LogP contribution in [0.1, 0.15) is 80.1 Å². The Morgan fingerprint density at radius 1 is 0.614 bits per heavy atom. The minimum atomic E-state index is -0.742. The van der Waals surface area contributed by atoms with Gasteiger partial charge in [0.15, 0.2) is 0 Å². The molecule has 0 radical (unpaired) electrons. The van der Waals surface area contributed by atoms with Crippen LogP contribution in [0.3, 0.4) is 0 Å². The van der Waals surface area contributed by atoms with Crippen LogP contribution in [0.5, 0.6) is 11.5 Å². The number of hydrogen-bond donors (Lipinski definition) is 2. The average Bonchev–Trinajstić information content (AvgIpc) is 3.45. The van der Waals surface area contributed by atoms with Crippen molar-refractivity contribution in [1.82, 2.24) is 0 Å². The molecule has 0 saturated heterocycles. The summed E-state index contributed by atoms with van der Waals surface area (Å²) in [6, 6.07) is 11.1. The first-order valence-corrected chi connectivity index (χ1v) is 15.6. The van der Waals surface area contributed by atoms with E-state index in [2.05, 4.69) is 10.6 Å². The van der Waals surface area contributed by atoms with E-state index in [1.807, 2.05) is 77.9 Å². The molecule has 4 bridgehead atoms. The Bertz CT molecular complexity index is 1510. The van der Waals surface area contributed by atoms with Crippen molar-refractivity contribution in [2.45, 2.75) is 80.1 Å². The molecule has 234 valence electrons. The number of methoxy groups -OCH3 is 2. The minimum Gasteiger partial charge on any atom is -0.495 e. The molecule has 8 heteroatoms. The summed E-state index contributed by atoms with van der Waals surface area (Å²) in [5, 5.41) is 6.17. The number of carbonyl (C=O) groups excluding carboxylic acids is 4. The standard InChI is InChI=1S/C36H44N2O6/c1-31(2)33(5)13-15-35(31,19-27(33)39)29(41)37-23-11-9-21(17-25(23)43-7)22-10-12-24(26(18-22)44-8)38-30(42)36-16-14-34(6,28(40)20-36)32(36,3)4/h9-12,17-18H,13-16,19-20H2,1-8H3,(H,37,41)(H,38,42)/t33-,34+,35+,36-. The van der Waals surface area contributed by atoms with Crippen molar-refractivity contribution in [2.24, 2.45) is 32.5 Å². The highest BCUT2D eigenvalue weighted by Crippen LogP contribution is 2.72. The van der Waals surface area contributed by atoms with Crippen molar-refractivity contribution < 1.29 is 28.7 Å². The summed E-state index contributed by atoms with van der Waals surface area (Å²) in [7, 11) is 3.12. The number of ketones is 2. The lowest BCUT2D eigenvalue weighted by Gasteiger charge is -2.38. The van der Waals surface area contributed by atoms with E-state index in [0.717, 1.165) is 24.0 Å². The Labute approximate surface area is 259 Å². The Morgan fingerprint density at radius 2 is 0.977 bits per heavy atom. The molecule has 44 heavy (non-hydrogen) atoms. The molecule has 0 heterocycles. The first kappa shape index (κ1) is 30.4. The smallest absolute Gasteiger partial charge is 0.231 e. The van der Waals surface area contributed by atoms with Crippen molar-refractivity contribution in [1.29, 1.82) is 0 Å². The quantitative estimate of drug-likeness (QED) is 0.361. The zero-order valence-corrected chi connectivity index (χ0v) is 27.2. The van der Waals surface area contributed by atoms with Crippen LogP contribution in [-0.2, 0) is 19.2 Å². The van der Waals surface area contributed by atoms with Gasteiger partial charge in [-0.25, -0.2) is 0 Å². The molecule has 4 aliphatic carbocycles. The zero-order valence-electron chi connectivity index (χ0n) is 27.2. The summed E-state index contributed by atoms with van der Waals surface area (Å²) in [6.07, 6.45) is 3.34. The molecule has 2 N–H and O–H groups in total. The van der Waals surface area contributed by atoms with Crippen LogP contribution < -0.4 is 20.1 Å². The van der Waals surface area contributed by atoms with E-state index in [1.165, 1.54) is 0 Å². The zero-order chi connectivity index (χ0) is 32.1. The summed E-state index contributed by atoms with van der Waals surface area (Å²) >= 11 is 0. The number of amides is 2. The maximum absolute atomic E-state index is 13.8. The number of carbonyl (C=O) groups is 4. The second-order valence-corrected chi connectivity index (χ2v) is 15.0. The van der Waals surface area contributed by atoms with E-state index in [9.17, 15) is 19.2 Å². The van der Waals surface area contributed by atoms with E-state index >= 15 is 0 Å². The van der Waals surface area contributed by atoms with Crippen molar-refractivity contribution in [3.63, 3.8) is 0 Å². The van der Waals surface area contributed by atoms with Crippen molar-refractivity contribution >= 4 is 34.8 Å². The predicted molar refractivity (Wildman–Crippen MR) is 169 cm³/mol. The monoisotopic (exact) mass is 600 g/mol. The van der Waals surface area contributed by atoms with Crippen LogP contribution in [0.4, 0.5) is 11.4 Å². The molecule has 2 amide bonds. The van der Waals surface area contributed by atoms with Gasteiger partial charge in [0.1, 0.15) is 23.1 Å². The van der Waals surface area contributed by atoms with Gasteiger partial charge in [0.2, 0.25) is 11.8 Å². The highest BCUT2D eigenvalue weighted by molar-refractivity contribution is 6.06. The fourth-order valence-corrected chi connectivity index (χ4v) is 9.15. The largest absolute Gasteiger partial charge is 0.495 e. The van der Waals surface area contributed by atoms with E-state index in [4.69, 9.17) is 9.47 Å². The van der Waals surface area contributed by atoms with Gasteiger partial charge in [0.05, 0.1) is 36.4 Å². The molecule has 4 aliphatic rings. The number of Topliss-reactive ketones (excluding diaryl/α,β-unsaturated/α-hetero) is 2. The Morgan fingerprint density at radius 3 is 1.25 bits per heavy atom. The van der Waals surface area contributed by atoms with Gasteiger partial charge in [-0.15, -0.1) is 0 Å². The molecule has 4 atom stereocenters. The number of nitrogens with one attached hydrogen (secondary N) is 2. The molecule has 4 fully saturated rings. The minimum absolute atomic E-state index is 0.140. The highest BCUT2D eigenvalue weighted by atomic mass is 16.5. The number of benzene rings is 2. The third-order valence-electron chi connectivity index (χ3n) is 13.5. The van der Waals surface area contributed by atoms with Crippen molar-refractivity contribution in [3.8, 4) is 22.6 Å². The number of rotatable bonds is 7. The second-order valence-electron chi connectivity index (χ2n) is 15.0. The first-order chi connectivity index (χ1) is 20.5. The van der Waals surface area contributed by atoms with Gasteiger partial charge in [-0.1, -0.05) is 53.7 Å². The van der Waals surface area contributed by atoms with Gasteiger partial charge >= 0.3 is 0 Å². The van der Waals surface area contributed by atoms with Crippen LogP contribution >= 0.6 is 0 Å². The van der Waals surface area contributed by atoms with Gasteiger partial charge in [-0.05, 0) is 71.9 Å². The van der Waals surface area contributed by atoms with E-state index in [1.54, 1.807) is 14.2 Å². The number of fused-ring (bicyclic) bond motifs is 4. The van der Waals surface area contributed by atoms with E-state index < -0.39 is 32.5 Å². The summed E-state index contributed by atoms with van der Waals surface area (Å²) < 4.78 is 11.4. The molecule has 8 nitrogen and oxygen atoms in total. The lowest BCUT2D eigenvalue weighted by molar-refractivity contribution is -0.131. The van der Waals surface area contributed by atoms with Gasteiger partial charge < -0.3 is 20.1 Å². The van der Waals surface area contributed by atoms with Gasteiger partial charge in [-0.3, -0.25) is 19.2 Å². The third-order valence-corrected chi connectivity index (χ3v) is 13.5. The van der Waals surface area contributed by atoms with Gasteiger partial charge in [0.25, 0.3) is 0 Å². The molecule has 0 spiro atoms. The predicted octanol–water partition coefficient (Wildman–Crippen LogP) is 6.82. The maximum atomic E-state index is 13.8. The van der Waals surface area contributed by atoms with Crippen LogP contribution in [0.2, 0.25) is 0 Å². The number of ether oxygens (including phenoxy) is 2. The highest BCUT2D eigenvalue weighted by Gasteiger charge is 2.73. The summed E-state index contributed by atoms with van der Waals surface area (Å²) in [5.74, 6) is 1.06. The van der Waals surface area contributed by atoms with Crippen LogP contribution in [0, 0.1) is 32.5 Å². The van der Waals surface area contributed by atoms with E-state index in [0.29, 0.717) is 35.7 Å². The molecule has 0 unspecified atom stereocenters. The van der Waals surface area contributed by atoms with E-state index in [-0.39, 0.29) is 36.2 Å². The van der Waals surface area contributed by atoms with Crippen LogP contribution in [0.25, 0.3) is 11.1 Å². The molecular formula is C36H44N2O6. The Kier molecular flexibility index (Phi) is 6.49. The van der Waals surface area contributed by atoms with Crippen molar-refractivity contribution in [2.75, 3.05) is 24.9 Å². The fourth-order valence-electron chi connectivity index (χ4n) is 9.15. The molecule has 2 aromatic rings. The number of hydrogen-bond acceptors (Lipinski definition) is 6. The topological polar surface area (TPSA) is 111 Å². The maximum Gasteiger partial charge on any atom is 0.231 e. The second kappa shape index (κ2) is 9.41. The van der Waals surface area contributed by atoms with Gasteiger partial charge in [-0.2, -0.15) is 0 Å². The molecule has 0 aromatic heterocycles. The SMILES string of the molecule is COc1cc(-c2ccc(NC(=O)[C@]34CC[C@](C)(C(=O)C3)C4(C)C)c(OC)c2)ccc1NC(=O)[C@@]12CC[C@@](C)(C(=O)C1)C2(C)C. The fraction of sp³-hybridized carbons (Fsp3) is 0.556. The molecule has 2 aromatic carbocycles. The average molecular weight is 601 g/mol. The van der Waals surface area contributed by atoms with Gasteiger partial charge in [0, 0.05) is 23.7 Å². The number of anilines is 2. The summed E-state index contributed by atoms with van der Waals surface area (Å²) in [4.78, 5) is 53.3. The normalized spacial score (nSPS) is 32.5. The molecule has 0 aliphatic heterocycles. The van der Waals surface area contributed by atoms with Crippen molar-refractivity contribution in [3.05, 3.63) is 36.4 Å². The van der Waals surface area contributed by atoms with Crippen LogP contribution in [-0.4, -0.2) is 37.6 Å². The molecule has 6 rings (SSSR count). The lowest BCUT2D eigenvalue weighted by atomic mass is 9.64. The van der Waals surface area contributed by atoms with Crippen LogP contribution in [0.15, 0.2) is 36.4 Å². The molecular weight excluding hydrogens is 556 g/mol. The first-order valence-electron chi connectivity index (χ1n) is 15.6.